The normalized spacial score (nSPS) is 12.2. The summed E-state index contributed by atoms with van der Waals surface area (Å²) in [7, 11) is 1.10. The molecule has 24 heavy (non-hydrogen) atoms. The van der Waals surface area contributed by atoms with Gasteiger partial charge in [-0.2, -0.15) is 0 Å². The molecule has 0 aliphatic carbocycles. The van der Waals surface area contributed by atoms with Crippen molar-refractivity contribution in [2.45, 2.75) is 13.8 Å². The second kappa shape index (κ2) is 8.52. The quantitative estimate of drug-likeness (QED) is 0.256. The summed E-state index contributed by atoms with van der Waals surface area (Å²) in [6.45, 7) is 3.40. The zero-order valence-corrected chi connectivity index (χ0v) is 13.7. The summed E-state index contributed by atoms with van der Waals surface area (Å²) in [4.78, 5) is 35.5. The number of nitrogens with two attached hydrogens (primary N) is 1. The molecular weight excluding hydrogens is 314 g/mol. The van der Waals surface area contributed by atoms with Crippen LogP contribution in [-0.2, 0) is 23.9 Å². The number of primary amides is 1. The number of rotatable bonds is 7. The van der Waals surface area contributed by atoms with Crippen molar-refractivity contribution in [3.8, 4) is 0 Å². The molecule has 0 unspecified atom stereocenters. The van der Waals surface area contributed by atoms with Gasteiger partial charge in [0.1, 0.15) is 5.76 Å². The van der Waals surface area contributed by atoms with Crippen LogP contribution in [-0.4, -0.2) is 36.5 Å². The van der Waals surface area contributed by atoms with E-state index in [0.29, 0.717) is 5.56 Å². The number of ether oxygens (including phenoxy) is 2. The average Bonchev–Trinajstić information content (AvgIpc) is 2.52. The minimum atomic E-state index is -1.16. The van der Waals surface area contributed by atoms with Gasteiger partial charge in [-0.05, 0) is 13.8 Å². The zero-order chi connectivity index (χ0) is 18.3. The van der Waals surface area contributed by atoms with Crippen LogP contribution in [0.4, 0.5) is 0 Å². The van der Waals surface area contributed by atoms with Crippen LogP contribution in [0.15, 0.2) is 41.7 Å². The fourth-order valence-corrected chi connectivity index (χ4v) is 1.83. The van der Waals surface area contributed by atoms with Gasteiger partial charge in [-0.1, -0.05) is 29.8 Å². The van der Waals surface area contributed by atoms with Crippen LogP contribution < -0.4 is 5.73 Å². The number of allylic oxidation sites excluding steroid dienone is 1. The predicted molar refractivity (Wildman–Crippen MR) is 86.7 cm³/mol. The number of methoxy groups -OCH3 is 1. The van der Waals surface area contributed by atoms with E-state index in [1.165, 1.54) is 6.92 Å². The first kappa shape index (κ1) is 19.0. The van der Waals surface area contributed by atoms with Crippen LogP contribution >= 0.6 is 0 Å². The van der Waals surface area contributed by atoms with Gasteiger partial charge in [0.25, 0.3) is 5.91 Å². The van der Waals surface area contributed by atoms with Crippen molar-refractivity contribution in [3.63, 3.8) is 0 Å². The van der Waals surface area contributed by atoms with E-state index < -0.39 is 29.0 Å². The number of amides is 1. The Kier molecular flexibility index (Phi) is 6.73. The number of aliphatic hydroxyl groups excluding tert-OH is 1. The van der Waals surface area contributed by atoms with Gasteiger partial charge < -0.3 is 20.3 Å². The smallest absolute Gasteiger partial charge is 0.347 e. The number of hydrogen-bond acceptors (Lipinski definition) is 6. The first-order valence-electron chi connectivity index (χ1n) is 7.09. The summed E-state index contributed by atoms with van der Waals surface area (Å²) in [6.07, 6.45) is 0.839. The van der Waals surface area contributed by atoms with E-state index in [0.717, 1.165) is 18.7 Å². The third-order valence-electron chi connectivity index (χ3n) is 3.00. The molecule has 128 valence electrons. The number of aliphatic hydroxyl groups is 1. The lowest BCUT2D eigenvalue weighted by atomic mass is 10.1. The number of ketones is 1. The summed E-state index contributed by atoms with van der Waals surface area (Å²) < 4.78 is 9.52. The molecule has 0 saturated carbocycles. The Bertz CT molecular complexity index is 700. The van der Waals surface area contributed by atoms with E-state index in [-0.39, 0.29) is 12.4 Å². The maximum atomic E-state index is 12.2. The third-order valence-corrected chi connectivity index (χ3v) is 3.00. The molecule has 7 nitrogen and oxygen atoms in total. The van der Waals surface area contributed by atoms with Gasteiger partial charge in [0.05, 0.1) is 13.7 Å². The Morgan fingerprint density at radius 1 is 1.21 bits per heavy atom. The molecular formula is C17H19NO6. The lowest BCUT2D eigenvalue weighted by molar-refractivity contribution is -0.140. The van der Waals surface area contributed by atoms with Gasteiger partial charge in [0.15, 0.2) is 11.3 Å². The molecule has 1 amide bonds. The second-order valence-electron chi connectivity index (χ2n) is 4.75. The van der Waals surface area contributed by atoms with Crippen molar-refractivity contribution in [2.75, 3.05) is 13.7 Å². The Morgan fingerprint density at radius 3 is 2.25 bits per heavy atom. The molecule has 7 heteroatoms. The van der Waals surface area contributed by atoms with E-state index in [9.17, 15) is 19.5 Å². The maximum absolute atomic E-state index is 12.2. The molecule has 0 aliphatic rings. The zero-order valence-electron chi connectivity index (χ0n) is 13.7. The van der Waals surface area contributed by atoms with E-state index in [2.05, 4.69) is 4.74 Å². The van der Waals surface area contributed by atoms with Crippen LogP contribution in [0.1, 0.15) is 18.1 Å². The van der Waals surface area contributed by atoms with Crippen molar-refractivity contribution in [1.29, 1.82) is 0 Å². The number of carbonyl (C=O) groups is 3. The fraction of sp³-hybridized carbons (Fsp3) is 0.235. The molecule has 0 radical (unpaired) electrons. The lowest BCUT2D eigenvalue weighted by Gasteiger charge is -2.09. The van der Waals surface area contributed by atoms with Crippen LogP contribution in [0.2, 0.25) is 0 Å². The largest absolute Gasteiger partial charge is 0.507 e. The van der Waals surface area contributed by atoms with E-state index in [1.54, 1.807) is 24.3 Å². The lowest BCUT2D eigenvalue weighted by Crippen LogP contribution is -2.26. The van der Waals surface area contributed by atoms with Gasteiger partial charge in [0, 0.05) is 11.6 Å². The standard InChI is InChI=1S/C17H19NO6/c1-4-24-17(22)14(16(18)21)15(23-3)13(20)9-12(19)11-7-5-10(2)6-8-11/h5-9,19H,4H2,1-3H3,(H2,18,21)/b12-9?,15-14-. The highest BCUT2D eigenvalue weighted by atomic mass is 16.5. The maximum Gasteiger partial charge on any atom is 0.347 e. The molecule has 1 rings (SSSR count). The van der Waals surface area contributed by atoms with E-state index >= 15 is 0 Å². The highest BCUT2D eigenvalue weighted by Crippen LogP contribution is 2.16. The van der Waals surface area contributed by atoms with Crippen LogP contribution in [0, 0.1) is 6.92 Å². The monoisotopic (exact) mass is 333 g/mol. The molecule has 3 N–H and O–H groups in total. The molecule has 0 spiro atoms. The van der Waals surface area contributed by atoms with Gasteiger partial charge in [-0.25, -0.2) is 4.79 Å². The number of carbonyl (C=O) groups excluding carboxylic acids is 3. The molecule has 0 saturated heterocycles. The van der Waals surface area contributed by atoms with Crippen molar-refractivity contribution >= 4 is 23.4 Å². The van der Waals surface area contributed by atoms with Crippen molar-refractivity contribution < 1.29 is 29.0 Å². The van der Waals surface area contributed by atoms with Gasteiger partial charge in [-0.3, -0.25) is 9.59 Å². The topological polar surface area (TPSA) is 116 Å². The minimum absolute atomic E-state index is 0.00868. The summed E-state index contributed by atoms with van der Waals surface area (Å²) >= 11 is 0. The van der Waals surface area contributed by atoms with Crippen molar-refractivity contribution in [2.24, 2.45) is 5.73 Å². The number of esters is 1. The van der Waals surface area contributed by atoms with Gasteiger partial charge >= 0.3 is 5.97 Å². The van der Waals surface area contributed by atoms with Crippen LogP contribution in [0.25, 0.3) is 5.76 Å². The van der Waals surface area contributed by atoms with Crippen molar-refractivity contribution in [3.05, 3.63) is 52.8 Å². The molecule has 0 bridgehead atoms. The summed E-state index contributed by atoms with van der Waals surface area (Å²) in [5.41, 5.74) is 5.79. The molecule has 0 heterocycles. The van der Waals surface area contributed by atoms with Gasteiger partial charge in [0.2, 0.25) is 5.78 Å². The summed E-state index contributed by atoms with van der Waals surface area (Å²) in [6, 6.07) is 6.74. The Labute approximate surface area is 139 Å². The molecule has 0 aliphatic heterocycles. The Morgan fingerprint density at radius 2 is 1.79 bits per heavy atom. The minimum Gasteiger partial charge on any atom is -0.507 e. The number of benzene rings is 1. The Hall–Kier alpha value is -3.09. The van der Waals surface area contributed by atoms with Crippen LogP contribution in [0.5, 0.6) is 0 Å². The SMILES string of the molecule is CCOC(=O)/C(C(N)=O)=C(\OC)C(=O)C=C(O)c1ccc(C)cc1. The highest BCUT2D eigenvalue weighted by molar-refractivity contribution is 6.22. The molecule has 1 aromatic carbocycles. The molecule has 0 fully saturated rings. The van der Waals surface area contributed by atoms with Crippen LogP contribution in [0.3, 0.4) is 0 Å². The summed E-state index contributed by atoms with van der Waals surface area (Å²) in [5.74, 6) is -4.07. The average molecular weight is 333 g/mol. The number of hydrogen-bond donors (Lipinski definition) is 2. The van der Waals surface area contributed by atoms with Gasteiger partial charge in [-0.15, -0.1) is 0 Å². The fourth-order valence-electron chi connectivity index (χ4n) is 1.83. The highest BCUT2D eigenvalue weighted by Gasteiger charge is 2.27. The first-order chi connectivity index (χ1) is 11.3. The summed E-state index contributed by atoms with van der Waals surface area (Å²) in [5, 5.41) is 10.0. The molecule has 0 atom stereocenters. The second-order valence-corrected chi connectivity index (χ2v) is 4.75. The molecule has 0 aromatic heterocycles. The van der Waals surface area contributed by atoms with Crippen molar-refractivity contribution in [1.82, 2.24) is 0 Å². The third kappa shape index (κ3) is 4.70. The molecule has 1 aromatic rings. The first-order valence-corrected chi connectivity index (χ1v) is 7.09. The predicted octanol–water partition coefficient (Wildman–Crippen LogP) is 1.41. The number of aryl methyl sites for hydroxylation is 1. The van der Waals surface area contributed by atoms with E-state index in [1.807, 2.05) is 6.92 Å². The van der Waals surface area contributed by atoms with E-state index in [4.69, 9.17) is 10.5 Å². The Balaban J connectivity index is 3.26.